The molecule has 1 aliphatic heterocycles. The molecule has 0 aliphatic carbocycles. The van der Waals surface area contributed by atoms with Crippen molar-refractivity contribution in [1.82, 2.24) is 16.0 Å². The van der Waals surface area contributed by atoms with Gasteiger partial charge in [0.2, 0.25) is 5.91 Å². The summed E-state index contributed by atoms with van der Waals surface area (Å²) < 4.78 is 0. The minimum atomic E-state index is 0. The smallest absolute Gasteiger partial charge is 0.222 e. The lowest BCUT2D eigenvalue weighted by Gasteiger charge is -2.22. The van der Waals surface area contributed by atoms with E-state index in [1.165, 1.54) is 24.1 Å². The molecule has 1 saturated heterocycles. The molecule has 6 nitrogen and oxygen atoms in total. The van der Waals surface area contributed by atoms with Gasteiger partial charge in [0.05, 0.1) is 12.6 Å². The van der Waals surface area contributed by atoms with E-state index in [1.54, 1.807) is 0 Å². The molecule has 1 fully saturated rings. The Balaban J connectivity index is 0.00000363. The van der Waals surface area contributed by atoms with Crippen LogP contribution in [0.4, 0.5) is 5.69 Å². The van der Waals surface area contributed by atoms with Gasteiger partial charge in [0.1, 0.15) is 0 Å². The standard InChI is InChI=1S/C25H35N5O.HI/c1-3-26-25(27-15-14-24(31)28-19-21-10-5-4-6-11-21)29-20(2)22-12-9-13-23(18-22)30-16-7-8-17-30;/h4-6,9-13,18,20H,3,7-8,14-17,19H2,1-2H3,(H,28,31)(H2,26,27,29);1H. The molecule has 1 amide bonds. The van der Waals surface area contributed by atoms with Gasteiger partial charge < -0.3 is 20.9 Å². The second-order valence-electron chi connectivity index (χ2n) is 7.93. The van der Waals surface area contributed by atoms with E-state index in [0.717, 1.165) is 31.2 Å². The third-order valence-electron chi connectivity index (χ3n) is 5.48. The van der Waals surface area contributed by atoms with Crippen LogP contribution in [0.3, 0.4) is 0 Å². The monoisotopic (exact) mass is 549 g/mol. The normalized spacial score (nSPS) is 14.4. The Morgan fingerprint density at radius 2 is 1.81 bits per heavy atom. The first kappa shape index (κ1) is 26.0. The van der Waals surface area contributed by atoms with Crippen molar-refractivity contribution in [3.63, 3.8) is 0 Å². The van der Waals surface area contributed by atoms with Gasteiger partial charge in [-0.05, 0) is 49.9 Å². The van der Waals surface area contributed by atoms with Gasteiger partial charge in [-0.25, -0.2) is 0 Å². The number of nitrogens with one attached hydrogen (secondary N) is 3. The summed E-state index contributed by atoms with van der Waals surface area (Å²) in [7, 11) is 0. The molecule has 1 heterocycles. The average Bonchev–Trinajstić information content (AvgIpc) is 3.34. The number of benzene rings is 2. The summed E-state index contributed by atoms with van der Waals surface area (Å²) in [5.41, 5.74) is 3.62. The van der Waals surface area contributed by atoms with Gasteiger partial charge in [0.25, 0.3) is 0 Å². The molecule has 2 aromatic carbocycles. The third kappa shape index (κ3) is 8.33. The van der Waals surface area contributed by atoms with E-state index in [9.17, 15) is 4.79 Å². The Hall–Kier alpha value is -2.29. The zero-order chi connectivity index (χ0) is 21.9. The van der Waals surface area contributed by atoms with Gasteiger partial charge in [-0.3, -0.25) is 9.79 Å². The van der Waals surface area contributed by atoms with Crippen LogP contribution in [0.25, 0.3) is 0 Å². The maximum absolute atomic E-state index is 12.1. The molecule has 32 heavy (non-hydrogen) atoms. The van der Waals surface area contributed by atoms with Crippen LogP contribution in [0.1, 0.15) is 50.3 Å². The predicted octanol–water partition coefficient (Wildman–Crippen LogP) is 4.23. The molecule has 0 aromatic heterocycles. The van der Waals surface area contributed by atoms with Crippen LogP contribution < -0.4 is 20.9 Å². The van der Waals surface area contributed by atoms with Gasteiger partial charge in [0.15, 0.2) is 5.96 Å². The van der Waals surface area contributed by atoms with Crippen LogP contribution in [-0.4, -0.2) is 38.0 Å². The molecule has 1 aliphatic rings. The van der Waals surface area contributed by atoms with Crippen molar-refractivity contribution in [3.8, 4) is 0 Å². The Morgan fingerprint density at radius 3 is 2.53 bits per heavy atom. The minimum absolute atomic E-state index is 0. The van der Waals surface area contributed by atoms with Gasteiger partial charge >= 0.3 is 0 Å². The lowest BCUT2D eigenvalue weighted by Crippen LogP contribution is -2.39. The number of amides is 1. The first-order chi connectivity index (χ1) is 15.2. The fourth-order valence-electron chi connectivity index (χ4n) is 3.73. The van der Waals surface area contributed by atoms with Crippen molar-refractivity contribution in [2.24, 2.45) is 4.99 Å². The first-order valence-electron chi connectivity index (χ1n) is 11.4. The van der Waals surface area contributed by atoms with Crippen molar-refractivity contribution in [2.75, 3.05) is 31.1 Å². The van der Waals surface area contributed by atoms with Gasteiger partial charge in [-0.2, -0.15) is 0 Å². The van der Waals surface area contributed by atoms with Gasteiger partial charge in [-0.15, -0.1) is 24.0 Å². The molecular weight excluding hydrogens is 513 g/mol. The number of rotatable bonds is 9. The van der Waals surface area contributed by atoms with E-state index >= 15 is 0 Å². The molecule has 3 rings (SSSR count). The predicted molar refractivity (Wildman–Crippen MR) is 144 cm³/mol. The Bertz CT molecular complexity index is 852. The number of anilines is 1. The summed E-state index contributed by atoms with van der Waals surface area (Å²) >= 11 is 0. The van der Waals surface area contributed by atoms with Crippen molar-refractivity contribution in [1.29, 1.82) is 0 Å². The van der Waals surface area contributed by atoms with Crippen molar-refractivity contribution in [2.45, 2.75) is 45.7 Å². The number of nitrogens with zero attached hydrogens (tertiary/aromatic N) is 2. The van der Waals surface area contributed by atoms with E-state index < -0.39 is 0 Å². The summed E-state index contributed by atoms with van der Waals surface area (Å²) in [6.07, 6.45) is 2.91. The van der Waals surface area contributed by atoms with E-state index in [2.05, 4.69) is 57.0 Å². The molecule has 0 saturated carbocycles. The summed E-state index contributed by atoms with van der Waals surface area (Å²) in [5, 5.41) is 9.70. The number of aliphatic imine (C=N–C) groups is 1. The number of carbonyl (C=O) groups is 1. The number of guanidine groups is 1. The highest BCUT2D eigenvalue weighted by atomic mass is 127. The maximum atomic E-state index is 12.1. The van der Waals surface area contributed by atoms with Crippen LogP contribution in [-0.2, 0) is 11.3 Å². The highest BCUT2D eigenvalue weighted by molar-refractivity contribution is 14.0. The average molecular weight is 550 g/mol. The van der Waals surface area contributed by atoms with E-state index in [1.807, 2.05) is 37.3 Å². The van der Waals surface area contributed by atoms with E-state index in [0.29, 0.717) is 19.5 Å². The summed E-state index contributed by atoms with van der Waals surface area (Å²) in [5.74, 6) is 0.743. The number of hydrogen-bond acceptors (Lipinski definition) is 3. The Labute approximate surface area is 209 Å². The summed E-state index contributed by atoms with van der Waals surface area (Å²) in [4.78, 5) is 19.2. The highest BCUT2D eigenvalue weighted by Crippen LogP contribution is 2.23. The van der Waals surface area contributed by atoms with Crippen LogP contribution >= 0.6 is 24.0 Å². The number of hydrogen-bond donors (Lipinski definition) is 3. The molecule has 0 radical (unpaired) electrons. The molecule has 2 aromatic rings. The SMILES string of the molecule is CCNC(=NCCC(=O)NCc1ccccc1)NC(C)c1cccc(N2CCCC2)c1.I. The molecular formula is C25H36IN5O. The molecule has 3 N–H and O–H groups in total. The van der Waals surface area contributed by atoms with E-state index in [4.69, 9.17) is 0 Å². The summed E-state index contributed by atoms with van der Waals surface area (Å²) in [6, 6.07) is 18.8. The number of halogens is 1. The van der Waals surface area contributed by atoms with Gasteiger partial charge in [0, 0.05) is 38.3 Å². The largest absolute Gasteiger partial charge is 0.372 e. The molecule has 1 unspecified atom stereocenters. The van der Waals surface area contributed by atoms with Gasteiger partial charge in [-0.1, -0.05) is 42.5 Å². The molecule has 7 heteroatoms. The molecule has 0 spiro atoms. The zero-order valence-corrected chi connectivity index (χ0v) is 21.5. The first-order valence-corrected chi connectivity index (χ1v) is 11.4. The second-order valence-corrected chi connectivity index (χ2v) is 7.93. The maximum Gasteiger partial charge on any atom is 0.222 e. The quantitative estimate of drug-likeness (QED) is 0.249. The minimum Gasteiger partial charge on any atom is -0.372 e. The van der Waals surface area contributed by atoms with Crippen LogP contribution in [0.15, 0.2) is 59.6 Å². The zero-order valence-electron chi connectivity index (χ0n) is 19.1. The highest BCUT2D eigenvalue weighted by Gasteiger charge is 2.14. The van der Waals surface area contributed by atoms with Crippen molar-refractivity contribution < 1.29 is 4.79 Å². The van der Waals surface area contributed by atoms with Crippen LogP contribution in [0, 0.1) is 0 Å². The lowest BCUT2D eigenvalue weighted by atomic mass is 10.1. The molecule has 174 valence electrons. The number of carbonyl (C=O) groups excluding carboxylic acids is 1. The summed E-state index contributed by atoms with van der Waals surface area (Å²) in [6.45, 7) is 8.23. The molecule has 0 bridgehead atoms. The van der Waals surface area contributed by atoms with Crippen molar-refractivity contribution >= 4 is 41.5 Å². The van der Waals surface area contributed by atoms with Crippen LogP contribution in [0.2, 0.25) is 0 Å². The molecule has 1 atom stereocenters. The topological polar surface area (TPSA) is 68.8 Å². The van der Waals surface area contributed by atoms with E-state index in [-0.39, 0.29) is 35.9 Å². The third-order valence-corrected chi connectivity index (χ3v) is 5.48. The van der Waals surface area contributed by atoms with Crippen molar-refractivity contribution in [3.05, 3.63) is 65.7 Å². The lowest BCUT2D eigenvalue weighted by molar-refractivity contribution is -0.121. The fourth-order valence-corrected chi connectivity index (χ4v) is 3.73. The van der Waals surface area contributed by atoms with Crippen LogP contribution in [0.5, 0.6) is 0 Å². The Kier molecular flexibility index (Phi) is 11.3. The second kappa shape index (κ2) is 14.0. The Morgan fingerprint density at radius 1 is 1.06 bits per heavy atom. The fraction of sp³-hybridized carbons (Fsp3) is 0.440.